The molecule has 0 aromatic rings. The van der Waals surface area contributed by atoms with Crippen LogP contribution in [0.2, 0.25) is 0 Å². The zero-order valence-electron chi connectivity index (χ0n) is 8.72. The van der Waals surface area contributed by atoms with Gasteiger partial charge in [-0.15, -0.1) is 0 Å². The van der Waals surface area contributed by atoms with Crippen molar-refractivity contribution in [3.63, 3.8) is 0 Å². The van der Waals surface area contributed by atoms with Crippen LogP contribution in [0.1, 0.15) is 44.9 Å². The summed E-state index contributed by atoms with van der Waals surface area (Å²) in [7, 11) is 0. The summed E-state index contributed by atoms with van der Waals surface area (Å²) < 4.78 is 0. The smallest absolute Gasteiger partial charge is 0.166 e. The summed E-state index contributed by atoms with van der Waals surface area (Å²) in [5, 5.41) is 7.53. The lowest BCUT2D eigenvalue weighted by Crippen LogP contribution is -2.39. The lowest BCUT2D eigenvalue weighted by Gasteiger charge is -2.22. The van der Waals surface area contributed by atoms with Crippen molar-refractivity contribution in [1.29, 1.82) is 0 Å². The van der Waals surface area contributed by atoms with Crippen LogP contribution in [0.5, 0.6) is 0 Å². The molecule has 0 radical (unpaired) electrons. The minimum atomic E-state index is 0.682. The van der Waals surface area contributed by atoms with E-state index in [1.165, 1.54) is 44.9 Å². The second-order valence-corrected chi connectivity index (χ2v) is 5.04. The monoisotopic (exact) mass is 212 g/mol. The molecule has 2 nitrogen and oxygen atoms in total. The predicted molar refractivity (Wildman–Crippen MR) is 63.3 cm³/mol. The van der Waals surface area contributed by atoms with Gasteiger partial charge in [-0.1, -0.05) is 19.3 Å². The standard InChI is InChI=1S/C11H20N2S/c14-11(13-10-6-7-10)12-8-9-4-2-1-3-5-9/h9-10H,1-8H2,(H2,12,13,14). The van der Waals surface area contributed by atoms with Gasteiger partial charge in [-0.2, -0.15) is 0 Å². The maximum Gasteiger partial charge on any atom is 0.166 e. The average Bonchev–Trinajstić information content (AvgIpc) is 3.00. The molecular formula is C11H20N2S. The normalized spacial score (nSPS) is 23.1. The summed E-state index contributed by atoms with van der Waals surface area (Å²) >= 11 is 5.22. The van der Waals surface area contributed by atoms with Crippen LogP contribution in [0, 0.1) is 5.92 Å². The lowest BCUT2D eigenvalue weighted by atomic mass is 9.89. The molecule has 2 aliphatic carbocycles. The van der Waals surface area contributed by atoms with Crippen molar-refractivity contribution < 1.29 is 0 Å². The van der Waals surface area contributed by atoms with Crippen LogP contribution in [0.4, 0.5) is 0 Å². The molecule has 2 fully saturated rings. The zero-order valence-corrected chi connectivity index (χ0v) is 9.54. The van der Waals surface area contributed by atoms with Crippen LogP contribution in [-0.4, -0.2) is 17.7 Å². The van der Waals surface area contributed by atoms with Crippen LogP contribution in [0.3, 0.4) is 0 Å². The minimum absolute atomic E-state index is 0.682. The second-order valence-electron chi connectivity index (χ2n) is 4.63. The van der Waals surface area contributed by atoms with Gasteiger partial charge < -0.3 is 10.6 Å². The molecule has 0 bridgehead atoms. The third-order valence-electron chi connectivity index (χ3n) is 3.19. The average molecular weight is 212 g/mol. The Kier molecular flexibility index (Phi) is 3.62. The Bertz CT molecular complexity index is 195. The molecule has 14 heavy (non-hydrogen) atoms. The van der Waals surface area contributed by atoms with Crippen molar-refractivity contribution in [3.8, 4) is 0 Å². The van der Waals surface area contributed by atoms with Gasteiger partial charge in [-0.05, 0) is 43.8 Å². The third-order valence-corrected chi connectivity index (χ3v) is 3.45. The Morgan fingerprint density at radius 1 is 1.07 bits per heavy atom. The molecule has 2 aliphatic rings. The first kappa shape index (κ1) is 10.2. The molecule has 0 amide bonds. The molecule has 0 unspecified atom stereocenters. The van der Waals surface area contributed by atoms with Gasteiger partial charge >= 0.3 is 0 Å². The molecule has 0 aromatic heterocycles. The third kappa shape index (κ3) is 3.45. The highest BCUT2D eigenvalue weighted by Crippen LogP contribution is 2.22. The predicted octanol–water partition coefficient (Wildman–Crippen LogP) is 2.19. The van der Waals surface area contributed by atoms with Crippen molar-refractivity contribution in [1.82, 2.24) is 10.6 Å². The second kappa shape index (κ2) is 4.96. The fourth-order valence-corrected chi connectivity index (χ4v) is 2.34. The molecule has 2 saturated carbocycles. The van der Waals surface area contributed by atoms with Crippen molar-refractivity contribution in [2.45, 2.75) is 51.0 Å². The summed E-state index contributed by atoms with van der Waals surface area (Å²) in [6.45, 7) is 1.08. The first-order chi connectivity index (χ1) is 6.84. The van der Waals surface area contributed by atoms with Gasteiger partial charge in [0.25, 0.3) is 0 Å². The van der Waals surface area contributed by atoms with Gasteiger partial charge in [0.15, 0.2) is 5.11 Å². The van der Waals surface area contributed by atoms with Crippen LogP contribution in [0.25, 0.3) is 0 Å². The molecule has 80 valence electrons. The Morgan fingerprint density at radius 2 is 1.79 bits per heavy atom. The summed E-state index contributed by atoms with van der Waals surface area (Å²) in [6, 6.07) is 0.682. The molecule has 0 aliphatic heterocycles. The Hall–Kier alpha value is -0.310. The van der Waals surface area contributed by atoms with Crippen molar-refractivity contribution >= 4 is 17.3 Å². The van der Waals surface area contributed by atoms with Gasteiger partial charge in [0.1, 0.15) is 0 Å². The van der Waals surface area contributed by atoms with E-state index in [2.05, 4.69) is 10.6 Å². The quantitative estimate of drug-likeness (QED) is 0.701. The van der Waals surface area contributed by atoms with Gasteiger partial charge in [0.2, 0.25) is 0 Å². The van der Waals surface area contributed by atoms with E-state index >= 15 is 0 Å². The summed E-state index contributed by atoms with van der Waals surface area (Å²) in [4.78, 5) is 0. The number of nitrogens with one attached hydrogen (secondary N) is 2. The fraction of sp³-hybridized carbons (Fsp3) is 0.909. The minimum Gasteiger partial charge on any atom is -0.362 e. The molecule has 0 spiro atoms. The molecule has 0 atom stereocenters. The highest BCUT2D eigenvalue weighted by Gasteiger charge is 2.22. The highest BCUT2D eigenvalue weighted by molar-refractivity contribution is 7.80. The van der Waals surface area contributed by atoms with E-state index in [1.54, 1.807) is 0 Å². The largest absolute Gasteiger partial charge is 0.362 e. The maximum atomic E-state index is 5.22. The van der Waals surface area contributed by atoms with Gasteiger partial charge in [0, 0.05) is 12.6 Å². The number of hydrogen-bond donors (Lipinski definition) is 2. The van der Waals surface area contributed by atoms with E-state index in [4.69, 9.17) is 12.2 Å². The molecule has 2 rings (SSSR count). The maximum absolute atomic E-state index is 5.22. The number of thiocarbonyl (C=S) groups is 1. The van der Waals surface area contributed by atoms with Crippen LogP contribution in [-0.2, 0) is 0 Å². The van der Waals surface area contributed by atoms with Crippen molar-refractivity contribution in [3.05, 3.63) is 0 Å². The molecule has 0 aromatic carbocycles. The SMILES string of the molecule is S=C(NCC1CCCCC1)NC1CC1. The number of rotatable bonds is 3. The Balaban J connectivity index is 1.57. The van der Waals surface area contributed by atoms with Gasteiger partial charge in [0.05, 0.1) is 0 Å². The topological polar surface area (TPSA) is 24.1 Å². The Labute approximate surface area is 91.8 Å². The Morgan fingerprint density at radius 3 is 2.43 bits per heavy atom. The highest BCUT2D eigenvalue weighted by atomic mass is 32.1. The van der Waals surface area contributed by atoms with E-state index < -0.39 is 0 Å². The van der Waals surface area contributed by atoms with E-state index in [-0.39, 0.29) is 0 Å². The lowest BCUT2D eigenvalue weighted by molar-refractivity contribution is 0.356. The first-order valence-corrected chi connectivity index (χ1v) is 6.30. The van der Waals surface area contributed by atoms with E-state index in [9.17, 15) is 0 Å². The van der Waals surface area contributed by atoms with Crippen molar-refractivity contribution in [2.24, 2.45) is 5.92 Å². The molecule has 3 heteroatoms. The summed E-state index contributed by atoms with van der Waals surface area (Å²) in [5.74, 6) is 0.864. The van der Waals surface area contributed by atoms with Crippen LogP contribution in [0.15, 0.2) is 0 Å². The van der Waals surface area contributed by atoms with Gasteiger partial charge in [-0.25, -0.2) is 0 Å². The summed E-state index contributed by atoms with van der Waals surface area (Å²) in [6.07, 6.45) is 9.63. The van der Waals surface area contributed by atoms with E-state index in [1.807, 2.05) is 0 Å². The van der Waals surface area contributed by atoms with E-state index in [0.717, 1.165) is 17.6 Å². The van der Waals surface area contributed by atoms with Gasteiger partial charge in [-0.3, -0.25) is 0 Å². The van der Waals surface area contributed by atoms with Crippen LogP contribution < -0.4 is 10.6 Å². The molecule has 0 saturated heterocycles. The zero-order chi connectivity index (χ0) is 9.80. The summed E-state index contributed by atoms with van der Waals surface area (Å²) in [5.41, 5.74) is 0. The molecule has 0 heterocycles. The molecular weight excluding hydrogens is 192 g/mol. The first-order valence-electron chi connectivity index (χ1n) is 5.89. The molecule has 2 N–H and O–H groups in total. The van der Waals surface area contributed by atoms with E-state index in [0.29, 0.717) is 6.04 Å². The number of hydrogen-bond acceptors (Lipinski definition) is 1. The van der Waals surface area contributed by atoms with Crippen LogP contribution >= 0.6 is 12.2 Å². The fourth-order valence-electron chi connectivity index (χ4n) is 2.09. The van der Waals surface area contributed by atoms with Crippen molar-refractivity contribution in [2.75, 3.05) is 6.54 Å².